The Bertz CT molecular complexity index is 1720. The minimum Gasteiger partial charge on any atom is -0.510 e. The lowest BCUT2D eigenvalue weighted by Crippen LogP contribution is -2.63. The number of Topliss-reactive ketones (excluding diaryl/α,β-unsaturated/α-hetero) is 2. The largest absolute Gasteiger partial charge is 0.510 e. The van der Waals surface area contributed by atoms with E-state index in [2.05, 4.69) is 21.2 Å². The highest BCUT2D eigenvalue weighted by Gasteiger charge is 2.63. The first-order valence-electron chi connectivity index (χ1n) is 13.9. The summed E-state index contributed by atoms with van der Waals surface area (Å²) in [4.78, 5) is 55.5. The van der Waals surface area contributed by atoms with E-state index in [1.54, 1.807) is 63.4 Å². The van der Waals surface area contributed by atoms with Crippen molar-refractivity contribution in [2.24, 2.45) is 17.6 Å². The molecule has 0 spiro atoms. The topological polar surface area (TPSA) is 194 Å². The lowest BCUT2D eigenvalue weighted by molar-refractivity contribution is -0.148. The van der Waals surface area contributed by atoms with E-state index in [4.69, 9.17) is 17.3 Å². The number of hydrogen-bond acceptors (Lipinski definition) is 10. The number of allylic oxidation sites excluding steroid dienone is 1. The minimum absolute atomic E-state index is 0.0279. The van der Waals surface area contributed by atoms with Crippen LogP contribution in [0.4, 0.5) is 11.4 Å². The van der Waals surface area contributed by atoms with E-state index < -0.39 is 74.5 Å². The van der Waals surface area contributed by atoms with Gasteiger partial charge in [0.05, 0.1) is 22.3 Å². The van der Waals surface area contributed by atoms with Crippen molar-refractivity contribution in [2.75, 3.05) is 38.4 Å². The Labute approximate surface area is 271 Å². The molecule has 0 radical (unpaired) electrons. The molecule has 238 valence electrons. The molecular weight excluding hydrogens is 672 g/mol. The molecule has 12 nitrogen and oxygen atoms in total. The number of nitrogens with zero attached hydrogens (tertiary/aromatic N) is 2. The Balaban J connectivity index is 1.68. The number of primary amides is 1. The molecule has 0 aromatic heterocycles. The molecule has 2 aromatic carbocycles. The summed E-state index contributed by atoms with van der Waals surface area (Å²) in [6, 6.07) is 7.64. The van der Waals surface area contributed by atoms with Gasteiger partial charge in [0, 0.05) is 25.6 Å². The number of alkyl halides is 1. The zero-order chi connectivity index (χ0) is 33.3. The minimum atomic E-state index is -2.77. The Kier molecular flexibility index (Phi) is 8.28. The third-order valence-corrected chi connectivity index (χ3v) is 10.1. The number of hydrogen-bond donors (Lipinski definition) is 6. The van der Waals surface area contributed by atoms with Crippen LogP contribution >= 0.6 is 27.5 Å². The zero-order valence-electron chi connectivity index (χ0n) is 24.8. The second kappa shape index (κ2) is 11.5. The number of aromatic hydroxyl groups is 1. The Morgan fingerprint density at radius 2 is 1.73 bits per heavy atom. The fourth-order valence-corrected chi connectivity index (χ4v) is 7.71. The van der Waals surface area contributed by atoms with Gasteiger partial charge in [-0.05, 0) is 44.0 Å². The van der Waals surface area contributed by atoms with Crippen LogP contribution in [0.3, 0.4) is 0 Å². The number of amides is 2. The van der Waals surface area contributed by atoms with Crippen LogP contribution in [0.25, 0.3) is 0 Å². The molecule has 0 aliphatic heterocycles. The third-order valence-electron chi connectivity index (χ3n) is 8.82. The molecule has 45 heavy (non-hydrogen) atoms. The average Bonchev–Trinajstić information content (AvgIpc) is 2.96. The van der Waals surface area contributed by atoms with E-state index in [9.17, 15) is 39.6 Å². The maximum absolute atomic E-state index is 14.2. The number of aliphatic hydroxyl groups excluding tert-OH is 2. The molecule has 3 aliphatic rings. The van der Waals surface area contributed by atoms with Gasteiger partial charge in [-0.3, -0.25) is 24.1 Å². The number of rotatable bonds is 6. The number of ketones is 2. The van der Waals surface area contributed by atoms with Gasteiger partial charge in [0.2, 0.25) is 11.7 Å². The first-order chi connectivity index (χ1) is 21.0. The van der Waals surface area contributed by atoms with Gasteiger partial charge in [0.15, 0.2) is 17.1 Å². The van der Waals surface area contributed by atoms with E-state index in [1.807, 2.05) is 0 Å². The van der Waals surface area contributed by atoms with Crippen molar-refractivity contribution in [3.05, 3.63) is 74.7 Å². The zero-order valence-corrected chi connectivity index (χ0v) is 27.1. The molecule has 2 amide bonds. The van der Waals surface area contributed by atoms with Crippen LogP contribution in [-0.4, -0.2) is 88.5 Å². The van der Waals surface area contributed by atoms with Crippen molar-refractivity contribution in [2.45, 2.75) is 29.3 Å². The number of carbonyl (C=O) groups is 4. The fourth-order valence-electron chi connectivity index (χ4n) is 6.87. The second-order valence-corrected chi connectivity index (χ2v) is 13.2. The Hall–Kier alpha value is -3.91. The van der Waals surface area contributed by atoms with E-state index in [0.29, 0.717) is 16.8 Å². The summed E-state index contributed by atoms with van der Waals surface area (Å²) in [5.41, 5.74) is 2.19. The fraction of sp³-hybridized carbons (Fsp3) is 0.355. The van der Waals surface area contributed by atoms with Gasteiger partial charge in [-0.25, -0.2) is 0 Å². The highest BCUT2D eigenvalue weighted by Crippen LogP contribution is 2.55. The number of nitrogens with one attached hydrogen (secondary N) is 1. The first-order valence-corrected chi connectivity index (χ1v) is 15.2. The van der Waals surface area contributed by atoms with Crippen molar-refractivity contribution in [1.29, 1.82) is 0 Å². The normalized spacial score (nSPS) is 25.0. The van der Waals surface area contributed by atoms with Crippen LogP contribution in [-0.2, 0) is 20.8 Å². The van der Waals surface area contributed by atoms with E-state index in [-0.39, 0.29) is 34.7 Å². The second-order valence-electron chi connectivity index (χ2n) is 11.9. The lowest BCUT2D eigenvalue weighted by atomic mass is 9.58. The number of phenolic OH excluding ortho intramolecular Hbond substituents is 1. The smallest absolute Gasteiger partial charge is 0.255 e. The van der Waals surface area contributed by atoms with Gasteiger partial charge in [0.25, 0.3) is 5.91 Å². The summed E-state index contributed by atoms with van der Waals surface area (Å²) in [5, 5.41) is 48.4. The van der Waals surface area contributed by atoms with Crippen LogP contribution in [0.15, 0.2) is 53.0 Å². The van der Waals surface area contributed by atoms with E-state index >= 15 is 0 Å². The van der Waals surface area contributed by atoms with Gasteiger partial charge < -0.3 is 36.4 Å². The van der Waals surface area contributed by atoms with Crippen LogP contribution < -0.4 is 16.0 Å². The number of phenols is 1. The SMILES string of the molecule is CN(C)c1c(Cl)c(NC(=O)C(Br)c2ccccc2)c(O)c2c1CC1CC3[C@H](N(C)C)C(O)=C(C(N)=O)C(=O)C3(O)C(O)=C1C2=O. The maximum atomic E-state index is 14.2. The molecule has 0 bridgehead atoms. The van der Waals surface area contributed by atoms with Crippen molar-refractivity contribution >= 4 is 62.3 Å². The lowest BCUT2D eigenvalue weighted by Gasteiger charge is -2.50. The molecule has 3 aliphatic carbocycles. The standard InChI is InChI=1S/C31H32BrClN4O8/c1-36(2)22-14-10-13-11-15-23(37(3)4)26(40)18(29(34)43)28(42)31(15,45)27(41)16(13)24(38)17(14)25(39)21(20(22)33)35-30(44)19(32)12-8-6-5-7-9-12/h5-9,13,15,19,23,39-41,45H,10-11H2,1-4H3,(H2,34,43)(H,35,44)/t13?,15?,19?,23-,31?/m0/s1. The van der Waals surface area contributed by atoms with E-state index in [1.165, 1.54) is 4.90 Å². The predicted octanol–water partition coefficient (Wildman–Crippen LogP) is 2.91. The molecule has 0 fully saturated rings. The van der Waals surface area contributed by atoms with Crippen molar-refractivity contribution in [1.82, 2.24) is 4.90 Å². The number of aliphatic hydroxyl groups is 3. The molecule has 14 heteroatoms. The number of likely N-dealkylation sites (N-methyl/N-ethyl adjacent to an activating group) is 1. The number of fused-ring (bicyclic) bond motifs is 3. The molecular formula is C31H32BrClN4O8. The highest BCUT2D eigenvalue weighted by atomic mass is 79.9. The molecule has 4 unspecified atom stereocenters. The van der Waals surface area contributed by atoms with Crippen LogP contribution in [0, 0.1) is 11.8 Å². The number of halogens is 2. The number of benzene rings is 2. The summed E-state index contributed by atoms with van der Waals surface area (Å²) < 4.78 is 0. The maximum Gasteiger partial charge on any atom is 0.255 e. The van der Waals surface area contributed by atoms with Crippen LogP contribution in [0.2, 0.25) is 5.02 Å². The number of carbonyl (C=O) groups excluding carboxylic acids is 4. The molecule has 7 N–H and O–H groups in total. The molecule has 5 atom stereocenters. The molecule has 0 saturated heterocycles. The van der Waals surface area contributed by atoms with Gasteiger partial charge in [-0.1, -0.05) is 57.9 Å². The summed E-state index contributed by atoms with van der Waals surface area (Å²) in [5.74, 6) is -8.36. The van der Waals surface area contributed by atoms with Gasteiger partial charge in [0.1, 0.15) is 27.6 Å². The predicted molar refractivity (Wildman–Crippen MR) is 170 cm³/mol. The third kappa shape index (κ3) is 4.80. The molecule has 2 aromatic rings. The summed E-state index contributed by atoms with van der Waals surface area (Å²) in [7, 11) is 6.45. The van der Waals surface area contributed by atoms with Crippen LogP contribution in [0.1, 0.15) is 32.7 Å². The Morgan fingerprint density at radius 1 is 1.11 bits per heavy atom. The van der Waals surface area contributed by atoms with Crippen molar-refractivity contribution in [3.8, 4) is 5.75 Å². The summed E-state index contributed by atoms with van der Waals surface area (Å²) in [6.07, 6.45) is -0.0352. The average molecular weight is 704 g/mol. The van der Waals surface area contributed by atoms with Crippen molar-refractivity contribution in [3.63, 3.8) is 0 Å². The summed E-state index contributed by atoms with van der Waals surface area (Å²) in [6.45, 7) is 0. The number of nitrogens with two attached hydrogens (primary N) is 1. The van der Waals surface area contributed by atoms with Crippen LogP contribution in [0.5, 0.6) is 5.75 Å². The van der Waals surface area contributed by atoms with Gasteiger partial charge >= 0.3 is 0 Å². The Morgan fingerprint density at radius 3 is 2.29 bits per heavy atom. The number of anilines is 2. The van der Waals surface area contributed by atoms with E-state index in [0.717, 1.165) is 0 Å². The van der Waals surface area contributed by atoms with Crippen molar-refractivity contribution < 1.29 is 39.6 Å². The first kappa shape index (κ1) is 32.5. The summed E-state index contributed by atoms with van der Waals surface area (Å²) >= 11 is 10.1. The monoisotopic (exact) mass is 702 g/mol. The molecule has 5 rings (SSSR count). The quantitative estimate of drug-likeness (QED) is 0.148. The van der Waals surface area contributed by atoms with Gasteiger partial charge in [-0.2, -0.15) is 0 Å². The molecule has 0 heterocycles. The van der Waals surface area contributed by atoms with Gasteiger partial charge in [-0.15, -0.1) is 0 Å². The highest BCUT2D eigenvalue weighted by molar-refractivity contribution is 9.09. The molecule has 0 saturated carbocycles.